The first-order valence-corrected chi connectivity index (χ1v) is 8.58. The van der Waals surface area contributed by atoms with Crippen molar-refractivity contribution in [2.75, 3.05) is 13.1 Å². The van der Waals surface area contributed by atoms with Gasteiger partial charge in [0.1, 0.15) is 11.4 Å². The highest BCUT2D eigenvalue weighted by molar-refractivity contribution is 7.21. The van der Waals surface area contributed by atoms with Crippen LogP contribution in [0.3, 0.4) is 0 Å². The van der Waals surface area contributed by atoms with E-state index in [2.05, 4.69) is 10.3 Å². The van der Waals surface area contributed by atoms with Crippen LogP contribution in [0.5, 0.6) is 0 Å². The molecule has 0 spiro atoms. The third-order valence-corrected chi connectivity index (χ3v) is 5.13. The van der Waals surface area contributed by atoms with E-state index in [4.69, 9.17) is 0 Å². The van der Waals surface area contributed by atoms with Crippen molar-refractivity contribution < 1.29 is 9.59 Å². The van der Waals surface area contributed by atoms with Gasteiger partial charge in [0, 0.05) is 18.0 Å². The first-order chi connectivity index (χ1) is 12.1. The fraction of sp³-hybridized carbons (Fsp3) is 0.176. The van der Waals surface area contributed by atoms with E-state index in [-0.39, 0.29) is 12.1 Å². The maximum absolute atomic E-state index is 12.7. The van der Waals surface area contributed by atoms with E-state index in [1.807, 2.05) is 30.3 Å². The van der Waals surface area contributed by atoms with E-state index in [9.17, 15) is 14.4 Å². The van der Waals surface area contributed by atoms with Crippen molar-refractivity contribution >= 4 is 33.5 Å². The molecule has 1 saturated heterocycles. The number of hydrogen-bond donors (Lipinski definition) is 1. The molecule has 25 heavy (non-hydrogen) atoms. The molecule has 0 bridgehead atoms. The molecule has 0 aliphatic carbocycles. The highest BCUT2D eigenvalue weighted by atomic mass is 32.1. The minimum absolute atomic E-state index is 0.203. The molecule has 2 aromatic heterocycles. The zero-order chi connectivity index (χ0) is 17.4. The number of rotatable bonds is 3. The van der Waals surface area contributed by atoms with Crippen LogP contribution in [0.4, 0.5) is 4.79 Å². The highest BCUT2D eigenvalue weighted by Crippen LogP contribution is 2.30. The number of fused-ring (bicyclic) bond motifs is 1. The summed E-state index contributed by atoms with van der Waals surface area (Å²) in [6.45, 7) is 0.548. The van der Waals surface area contributed by atoms with E-state index in [0.29, 0.717) is 23.3 Å². The van der Waals surface area contributed by atoms with E-state index in [1.165, 1.54) is 22.2 Å². The summed E-state index contributed by atoms with van der Waals surface area (Å²) in [4.78, 5) is 43.4. The Labute approximate surface area is 146 Å². The maximum atomic E-state index is 12.7. The number of aromatic nitrogens is 2. The highest BCUT2D eigenvalue weighted by Gasteiger charge is 2.26. The van der Waals surface area contributed by atoms with Crippen LogP contribution in [0.15, 0.2) is 47.5 Å². The van der Waals surface area contributed by atoms with Gasteiger partial charge in [0.05, 0.1) is 11.7 Å². The Kier molecular flexibility index (Phi) is 3.81. The molecule has 126 valence electrons. The Balaban J connectivity index is 1.67. The SMILES string of the molecule is O=C(Cn1cnc2sc(-c3ccccc3)cc2c1=O)N1CCNC1=O. The smallest absolute Gasteiger partial charge is 0.324 e. The molecule has 1 aliphatic rings. The predicted molar refractivity (Wildman–Crippen MR) is 94.4 cm³/mol. The van der Waals surface area contributed by atoms with E-state index in [1.54, 1.807) is 6.07 Å². The van der Waals surface area contributed by atoms with E-state index >= 15 is 0 Å². The lowest BCUT2D eigenvalue weighted by atomic mass is 10.2. The topological polar surface area (TPSA) is 84.3 Å². The monoisotopic (exact) mass is 354 g/mol. The van der Waals surface area contributed by atoms with Gasteiger partial charge in [-0.1, -0.05) is 30.3 Å². The summed E-state index contributed by atoms with van der Waals surface area (Å²) < 4.78 is 1.25. The first-order valence-electron chi connectivity index (χ1n) is 7.76. The third-order valence-electron chi connectivity index (χ3n) is 4.04. The number of imide groups is 1. The minimum atomic E-state index is -0.422. The number of amides is 3. The van der Waals surface area contributed by atoms with Crippen molar-refractivity contribution in [1.82, 2.24) is 19.8 Å². The number of hydrogen-bond acceptors (Lipinski definition) is 5. The molecule has 0 saturated carbocycles. The van der Waals surface area contributed by atoms with Gasteiger partial charge in [-0.25, -0.2) is 9.78 Å². The Morgan fingerprint density at radius 2 is 2.04 bits per heavy atom. The lowest BCUT2D eigenvalue weighted by Crippen LogP contribution is -2.38. The second-order valence-corrected chi connectivity index (χ2v) is 6.68. The Morgan fingerprint density at radius 1 is 1.24 bits per heavy atom. The molecule has 0 radical (unpaired) electrons. The molecular weight excluding hydrogens is 340 g/mol. The fourth-order valence-electron chi connectivity index (χ4n) is 2.76. The second-order valence-electron chi connectivity index (χ2n) is 5.65. The number of urea groups is 1. The standard InChI is InChI=1S/C17H14N4O3S/c22-14(21-7-6-18-17(21)24)9-20-10-19-15-12(16(20)23)8-13(25-15)11-4-2-1-3-5-11/h1-5,8,10H,6-7,9H2,(H,18,24). The van der Waals surface area contributed by atoms with Gasteiger partial charge in [-0.15, -0.1) is 11.3 Å². The number of thiophene rings is 1. The number of carbonyl (C=O) groups excluding carboxylic acids is 2. The summed E-state index contributed by atoms with van der Waals surface area (Å²) >= 11 is 1.43. The van der Waals surface area contributed by atoms with Crippen LogP contribution in [-0.4, -0.2) is 39.5 Å². The summed E-state index contributed by atoms with van der Waals surface area (Å²) in [6, 6.07) is 11.1. The van der Waals surface area contributed by atoms with Crippen LogP contribution in [-0.2, 0) is 11.3 Å². The molecule has 1 N–H and O–H groups in total. The van der Waals surface area contributed by atoms with Crippen molar-refractivity contribution in [1.29, 1.82) is 0 Å². The summed E-state index contributed by atoms with van der Waals surface area (Å²) in [5.41, 5.74) is 0.734. The molecule has 3 amide bonds. The van der Waals surface area contributed by atoms with Crippen molar-refractivity contribution in [2.24, 2.45) is 0 Å². The molecule has 3 aromatic rings. The third kappa shape index (κ3) is 2.80. The van der Waals surface area contributed by atoms with Crippen LogP contribution in [0.25, 0.3) is 20.7 Å². The van der Waals surface area contributed by atoms with Gasteiger partial charge < -0.3 is 5.32 Å². The molecule has 7 nitrogen and oxygen atoms in total. The summed E-state index contributed by atoms with van der Waals surface area (Å²) in [7, 11) is 0. The molecule has 1 fully saturated rings. The van der Waals surface area contributed by atoms with E-state index < -0.39 is 11.9 Å². The normalized spacial score (nSPS) is 14.1. The first kappa shape index (κ1) is 15.5. The number of nitrogens with zero attached hydrogens (tertiary/aromatic N) is 3. The van der Waals surface area contributed by atoms with E-state index in [0.717, 1.165) is 15.3 Å². The lowest BCUT2D eigenvalue weighted by molar-refractivity contribution is -0.128. The lowest BCUT2D eigenvalue weighted by Gasteiger charge is -2.12. The van der Waals surface area contributed by atoms with Crippen LogP contribution in [0.2, 0.25) is 0 Å². The molecule has 0 atom stereocenters. The van der Waals surface area contributed by atoms with Gasteiger partial charge in [-0.3, -0.25) is 19.1 Å². The maximum Gasteiger partial charge on any atom is 0.324 e. The van der Waals surface area contributed by atoms with Crippen molar-refractivity contribution in [2.45, 2.75) is 6.54 Å². The zero-order valence-corrected chi connectivity index (χ0v) is 14.0. The Bertz CT molecular complexity index is 1030. The Morgan fingerprint density at radius 3 is 2.76 bits per heavy atom. The average molecular weight is 354 g/mol. The molecule has 1 aliphatic heterocycles. The second kappa shape index (κ2) is 6.14. The van der Waals surface area contributed by atoms with Gasteiger partial charge in [-0.05, 0) is 11.6 Å². The largest absolute Gasteiger partial charge is 0.336 e. The summed E-state index contributed by atoms with van der Waals surface area (Å²) in [6.07, 6.45) is 1.36. The van der Waals surface area contributed by atoms with Gasteiger partial charge in [0.25, 0.3) is 11.5 Å². The quantitative estimate of drug-likeness (QED) is 0.775. The Hall–Kier alpha value is -3.00. The van der Waals surface area contributed by atoms with Crippen molar-refractivity contribution in [3.8, 4) is 10.4 Å². The predicted octanol–water partition coefficient (Wildman–Crippen LogP) is 1.68. The molecule has 0 unspecified atom stereocenters. The van der Waals surface area contributed by atoms with Gasteiger partial charge >= 0.3 is 6.03 Å². The molecule has 4 rings (SSSR count). The fourth-order valence-corrected chi connectivity index (χ4v) is 3.75. The van der Waals surface area contributed by atoms with Crippen molar-refractivity contribution in [3.63, 3.8) is 0 Å². The molecule has 1 aromatic carbocycles. The van der Waals surface area contributed by atoms with Gasteiger partial charge in [0.2, 0.25) is 0 Å². The minimum Gasteiger partial charge on any atom is -0.336 e. The van der Waals surface area contributed by atoms with Crippen LogP contribution >= 0.6 is 11.3 Å². The summed E-state index contributed by atoms with van der Waals surface area (Å²) in [5.74, 6) is -0.420. The number of benzene rings is 1. The van der Waals surface area contributed by atoms with Crippen LogP contribution in [0.1, 0.15) is 0 Å². The average Bonchev–Trinajstić information content (AvgIpc) is 3.25. The van der Waals surface area contributed by atoms with Gasteiger partial charge in [0.15, 0.2) is 0 Å². The zero-order valence-electron chi connectivity index (χ0n) is 13.1. The molecule has 8 heteroatoms. The molecular formula is C17H14N4O3S. The molecule has 3 heterocycles. The van der Waals surface area contributed by atoms with Crippen LogP contribution < -0.4 is 10.9 Å². The van der Waals surface area contributed by atoms with Crippen LogP contribution in [0, 0.1) is 0 Å². The summed E-state index contributed by atoms with van der Waals surface area (Å²) in [5, 5.41) is 3.04. The van der Waals surface area contributed by atoms with Crippen molar-refractivity contribution in [3.05, 3.63) is 53.1 Å². The number of nitrogens with one attached hydrogen (secondary N) is 1. The van der Waals surface area contributed by atoms with Gasteiger partial charge in [-0.2, -0.15) is 0 Å². The number of carbonyl (C=O) groups is 2.